The van der Waals surface area contributed by atoms with Crippen molar-refractivity contribution in [3.63, 3.8) is 0 Å². The Morgan fingerprint density at radius 2 is 1.14 bits per heavy atom. The molecular formula is C27H30N2O6. The predicted molar refractivity (Wildman–Crippen MR) is 135 cm³/mol. The van der Waals surface area contributed by atoms with E-state index >= 15 is 0 Å². The Hall–Kier alpha value is -4.20. The van der Waals surface area contributed by atoms with Gasteiger partial charge < -0.3 is 29.6 Å². The molecule has 8 nitrogen and oxygen atoms in total. The Labute approximate surface area is 205 Å². The molecule has 2 amide bonds. The van der Waals surface area contributed by atoms with Gasteiger partial charge in [0.1, 0.15) is 0 Å². The SMILES string of the molecule is COc1ccccc1OC(C)C(=O)Nc1ccc(C)c(NC(=O)C(C)Oc2ccccc2OC)c1. The van der Waals surface area contributed by atoms with Gasteiger partial charge in [-0.3, -0.25) is 9.59 Å². The maximum Gasteiger partial charge on any atom is 0.265 e. The lowest BCUT2D eigenvalue weighted by molar-refractivity contribution is -0.122. The third-order valence-corrected chi connectivity index (χ3v) is 5.25. The van der Waals surface area contributed by atoms with E-state index in [0.29, 0.717) is 34.4 Å². The number of carbonyl (C=O) groups is 2. The molecule has 0 aliphatic carbocycles. The van der Waals surface area contributed by atoms with E-state index in [-0.39, 0.29) is 11.8 Å². The van der Waals surface area contributed by atoms with Gasteiger partial charge in [-0.25, -0.2) is 0 Å². The minimum Gasteiger partial charge on any atom is -0.493 e. The van der Waals surface area contributed by atoms with E-state index in [1.54, 1.807) is 69.5 Å². The van der Waals surface area contributed by atoms with E-state index in [4.69, 9.17) is 18.9 Å². The number of hydrogen-bond acceptors (Lipinski definition) is 6. The van der Waals surface area contributed by atoms with Crippen molar-refractivity contribution in [2.45, 2.75) is 33.0 Å². The molecule has 2 atom stereocenters. The number of hydrogen-bond donors (Lipinski definition) is 2. The van der Waals surface area contributed by atoms with Gasteiger partial charge in [-0.15, -0.1) is 0 Å². The molecule has 0 spiro atoms. The number of para-hydroxylation sites is 4. The Morgan fingerprint density at radius 1 is 0.686 bits per heavy atom. The maximum absolute atomic E-state index is 12.8. The maximum atomic E-state index is 12.8. The predicted octanol–water partition coefficient (Wildman–Crippen LogP) is 4.82. The van der Waals surface area contributed by atoms with Gasteiger partial charge >= 0.3 is 0 Å². The highest BCUT2D eigenvalue weighted by Crippen LogP contribution is 2.28. The Kier molecular flexibility index (Phi) is 8.56. The van der Waals surface area contributed by atoms with E-state index < -0.39 is 12.2 Å². The lowest BCUT2D eigenvalue weighted by atomic mass is 10.1. The van der Waals surface area contributed by atoms with Crippen molar-refractivity contribution in [2.75, 3.05) is 24.9 Å². The van der Waals surface area contributed by atoms with Gasteiger partial charge in [0.25, 0.3) is 11.8 Å². The van der Waals surface area contributed by atoms with Crippen molar-refractivity contribution in [1.29, 1.82) is 0 Å². The molecule has 3 aromatic rings. The minimum absolute atomic E-state index is 0.338. The topological polar surface area (TPSA) is 95.1 Å². The second-order valence-corrected chi connectivity index (χ2v) is 7.83. The third kappa shape index (κ3) is 6.66. The molecule has 0 heterocycles. The van der Waals surface area contributed by atoms with E-state index in [9.17, 15) is 9.59 Å². The van der Waals surface area contributed by atoms with Crippen LogP contribution in [0.25, 0.3) is 0 Å². The standard InChI is InChI=1S/C27H30N2O6/c1-17-14-15-20(28-26(30)18(2)34-24-12-8-6-10-22(24)32-4)16-21(17)29-27(31)19(3)35-25-13-9-7-11-23(25)33-5/h6-16,18-19H,1-5H3,(H,28,30)(H,29,31). The number of carbonyl (C=O) groups excluding carboxylic acids is 2. The van der Waals surface area contributed by atoms with Gasteiger partial charge in [-0.1, -0.05) is 30.3 Å². The highest BCUT2D eigenvalue weighted by atomic mass is 16.5. The summed E-state index contributed by atoms with van der Waals surface area (Å²) in [6, 6.07) is 19.5. The van der Waals surface area contributed by atoms with Gasteiger partial charge in [0, 0.05) is 11.4 Å². The zero-order chi connectivity index (χ0) is 25.4. The van der Waals surface area contributed by atoms with Crippen LogP contribution in [0.5, 0.6) is 23.0 Å². The summed E-state index contributed by atoms with van der Waals surface area (Å²) in [5.74, 6) is 1.34. The summed E-state index contributed by atoms with van der Waals surface area (Å²) in [4.78, 5) is 25.5. The van der Waals surface area contributed by atoms with Gasteiger partial charge in [0.15, 0.2) is 35.2 Å². The zero-order valence-electron chi connectivity index (χ0n) is 20.5. The minimum atomic E-state index is -0.779. The summed E-state index contributed by atoms with van der Waals surface area (Å²) >= 11 is 0. The molecule has 35 heavy (non-hydrogen) atoms. The number of rotatable bonds is 10. The summed E-state index contributed by atoms with van der Waals surface area (Å²) in [7, 11) is 3.08. The van der Waals surface area contributed by atoms with Crippen molar-refractivity contribution in [3.8, 4) is 23.0 Å². The fraction of sp³-hybridized carbons (Fsp3) is 0.259. The van der Waals surface area contributed by atoms with E-state index in [2.05, 4.69) is 10.6 Å². The molecule has 0 fully saturated rings. The monoisotopic (exact) mass is 478 g/mol. The molecule has 8 heteroatoms. The summed E-state index contributed by atoms with van der Waals surface area (Å²) in [6.45, 7) is 5.16. The molecule has 0 bridgehead atoms. The smallest absolute Gasteiger partial charge is 0.265 e. The molecule has 0 aromatic heterocycles. The largest absolute Gasteiger partial charge is 0.493 e. The van der Waals surface area contributed by atoms with Gasteiger partial charge in [-0.05, 0) is 62.7 Å². The van der Waals surface area contributed by atoms with Crippen molar-refractivity contribution < 1.29 is 28.5 Å². The van der Waals surface area contributed by atoms with Gasteiger partial charge in [-0.2, -0.15) is 0 Å². The summed E-state index contributed by atoms with van der Waals surface area (Å²) in [6.07, 6.45) is -1.56. The van der Waals surface area contributed by atoms with E-state index in [1.165, 1.54) is 7.11 Å². The molecule has 0 aliphatic rings. The van der Waals surface area contributed by atoms with Gasteiger partial charge in [0.2, 0.25) is 0 Å². The van der Waals surface area contributed by atoms with E-state index in [1.807, 2.05) is 25.1 Å². The van der Waals surface area contributed by atoms with Crippen LogP contribution in [0.15, 0.2) is 66.7 Å². The van der Waals surface area contributed by atoms with Crippen LogP contribution in [-0.2, 0) is 9.59 Å². The van der Waals surface area contributed by atoms with Crippen LogP contribution in [0.2, 0.25) is 0 Å². The highest BCUT2D eigenvalue weighted by Gasteiger charge is 2.20. The third-order valence-electron chi connectivity index (χ3n) is 5.25. The van der Waals surface area contributed by atoms with Crippen LogP contribution in [0, 0.1) is 6.92 Å². The zero-order valence-corrected chi connectivity index (χ0v) is 20.5. The molecular weight excluding hydrogens is 448 g/mol. The quantitative estimate of drug-likeness (QED) is 0.434. The lowest BCUT2D eigenvalue weighted by Crippen LogP contribution is -2.31. The van der Waals surface area contributed by atoms with E-state index in [0.717, 1.165) is 5.56 Å². The van der Waals surface area contributed by atoms with Gasteiger partial charge in [0.05, 0.1) is 14.2 Å². The second-order valence-electron chi connectivity index (χ2n) is 7.83. The molecule has 3 rings (SSSR count). The summed E-state index contributed by atoms with van der Waals surface area (Å²) in [5.41, 5.74) is 1.91. The number of nitrogens with one attached hydrogen (secondary N) is 2. The first-order chi connectivity index (χ1) is 16.8. The van der Waals surface area contributed by atoms with Crippen LogP contribution >= 0.6 is 0 Å². The number of anilines is 2. The normalized spacial score (nSPS) is 12.1. The Morgan fingerprint density at radius 3 is 1.63 bits per heavy atom. The van der Waals surface area contributed by atoms with Crippen molar-refractivity contribution in [1.82, 2.24) is 0 Å². The number of benzene rings is 3. The number of ether oxygens (including phenoxy) is 4. The molecule has 0 radical (unpaired) electrons. The van der Waals surface area contributed by atoms with Crippen LogP contribution < -0.4 is 29.6 Å². The first-order valence-corrected chi connectivity index (χ1v) is 11.1. The summed E-state index contributed by atoms with van der Waals surface area (Å²) in [5, 5.41) is 5.68. The van der Waals surface area contributed by atoms with Crippen LogP contribution in [-0.4, -0.2) is 38.2 Å². The molecule has 0 saturated heterocycles. The fourth-order valence-corrected chi connectivity index (χ4v) is 3.23. The Balaban J connectivity index is 1.64. The average Bonchev–Trinajstić information content (AvgIpc) is 2.86. The molecule has 2 N–H and O–H groups in total. The number of methoxy groups -OCH3 is 2. The fourth-order valence-electron chi connectivity index (χ4n) is 3.23. The molecule has 0 aliphatic heterocycles. The first kappa shape index (κ1) is 25.4. The molecule has 0 saturated carbocycles. The molecule has 3 aromatic carbocycles. The molecule has 184 valence electrons. The Bertz CT molecular complexity index is 1180. The summed E-state index contributed by atoms with van der Waals surface area (Å²) < 4.78 is 22.1. The number of amides is 2. The van der Waals surface area contributed by atoms with Crippen LogP contribution in [0.4, 0.5) is 11.4 Å². The van der Waals surface area contributed by atoms with Crippen molar-refractivity contribution >= 4 is 23.2 Å². The average molecular weight is 479 g/mol. The highest BCUT2D eigenvalue weighted by molar-refractivity contribution is 5.97. The first-order valence-electron chi connectivity index (χ1n) is 11.1. The van der Waals surface area contributed by atoms with Crippen molar-refractivity contribution in [3.05, 3.63) is 72.3 Å². The van der Waals surface area contributed by atoms with Crippen LogP contribution in [0.3, 0.4) is 0 Å². The van der Waals surface area contributed by atoms with Crippen molar-refractivity contribution in [2.24, 2.45) is 0 Å². The molecule has 2 unspecified atom stereocenters. The second kappa shape index (κ2) is 11.8. The number of aryl methyl sites for hydroxylation is 1. The van der Waals surface area contributed by atoms with Crippen LogP contribution in [0.1, 0.15) is 19.4 Å². The lowest BCUT2D eigenvalue weighted by Gasteiger charge is -2.19.